The molecular weight excluding hydrogens is 290 g/mol. The molecule has 0 saturated carbocycles. The first-order chi connectivity index (χ1) is 10.2. The van der Waals surface area contributed by atoms with Crippen LogP contribution in [-0.4, -0.2) is 52.0 Å². The van der Waals surface area contributed by atoms with E-state index >= 15 is 0 Å². The van der Waals surface area contributed by atoms with Gasteiger partial charge in [-0.3, -0.25) is 9.59 Å². The normalized spacial score (nSPS) is 13.4. The summed E-state index contributed by atoms with van der Waals surface area (Å²) in [6.45, 7) is 7.15. The average Bonchev–Trinajstić information content (AvgIpc) is 2.39. The molecular formula is C14H23N3O5. The van der Waals surface area contributed by atoms with Crippen molar-refractivity contribution in [2.24, 2.45) is 5.92 Å². The molecule has 124 valence electrons. The molecule has 2 atom stereocenters. The van der Waals surface area contributed by atoms with Crippen molar-refractivity contribution < 1.29 is 29.0 Å². The van der Waals surface area contributed by atoms with E-state index in [2.05, 4.69) is 10.1 Å². The molecule has 0 fully saturated rings. The van der Waals surface area contributed by atoms with Gasteiger partial charge in [-0.15, -0.1) is 0 Å². The highest BCUT2D eigenvalue weighted by molar-refractivity contribution is 6.25. The third-order valence-corrected chi connectivity index (χ3v) is 2.78. The summed E-state index contributed by atoms with van der Waals surface area (Å²) in [5.74, 6) is -2.42. The van der Waals surface area contributed by atoms with Gasteiger partial charge >= 0.3 is 12.2 Å². The number of carbonyl (C=O) groups is 3. The molecule has 2 unspecified atom stereocenters. The first kappa shape index (κ1) is 19.9. The summed E-state index contributed by atoms with van der Waals surface area (Å²) in [6, 6.07) is -1.21. The average molecular weight is 313 g/mol. The molecule has 0 saturated heterocycles. The fraction of sp³-hybridized carbons (Fsp3) is 0.714. The Morgan fingerprint density at radius 2 is 1.86 bits per heavy atom. The lowest BCUT2D eigenvalue weighted by Gasteiger charge is -2.24. The van der Waals surface area contributed by atoms with Crippen molar-refractivity contribution in [3.63, 3.8) is 0 Å². The van der Waals surface area contributed by atoms with E-state index in [0.29, 0.717) is 6.21 Å². The Bertz CT molecular complexity index is 455. The maximum absolute atomic E-state index is 12.2. The van der Waals surface area contributed by atoms with Crippen LogP contribution in [-0.2, 0) is 19.1 Å². The van der Waals surface area contributed by atoms with Crippen LogP contribution in [0.5, 0.6) is 0 Å². The van der Waals surface area contributed by atoms with Crippen molar-refractivity contribution >= 4 is 23.9 Å². The number of hydrogen-bond acceptors (Lipinski definition) is 4. The molecule has 0 aliphatic carbocycles. The third kappa shape index (κ3) is 7.66. The predicted octanol–water partition coefficient (Wildman–Crippen LogP) is 0.655. The summed E-state index contributed by atoms with van der Waals surface area (Å²) in [5, 5.41) is 11.5. The lowest BCUT2D eigenvalue weighted by molar-refractivity contribution is -0.147. The van der Waals surface area contributed by atoms with Crippen LogP contribution in [0.15, 0.2) is 0 Å². The molecule has 0 aromatic rings. The molecule has 0 aliphatic rings. The van der Waals surface area contributed by atoms with Crippen LogP contribution in [0.25, 0.3) is 5.53 Å². The highest BCUT2D eigenvalue weighted by Gasteiger charge is 2.29. The van der Waals surface area contributed by atoms with E-state index in [-0.39, 0.29) is 24.9 Å². The van der Waals surface area contributed by atoms with Gasteiger partial charge in [-0.25, -0.2) is 4.79 Å². The zero-order valence-electron chi connectivity index (χ0n) is 13.3. The molecule has 8 heteroatoms. The third-order valence-electron chi connectivity index (χ3n) is 2.78. The second-order valence-corrected chi connectivity index (χ2v) is 5.50. The number of carboxylic acid groups (broad SMARTS) is 1. The lowest BCUT2D eigenvalue weighted by Crippen LogP contribution is -2.48. The summed E-state index contributed by atoms with van der Waals surface area (Å²) in [4.78, 5) is 37.1. The van der Waals surface area contributed by atoms with Gasteiger partial charge in [0.05, 0.1) is 6.10 Å². The van der Waals surface area contributed by atoms with Gasteiger partial charge in [0.25, 0.3) is 0 Å². The number of rotatable bonds is 10. The largest absolute Gasteiger partial charge is 0.480 e. The van der Waals surface area contributed by atoms with Crippen molar-refractivity contribution in [1.82, 2.24) is 5.32 Å². The number of ether oxygens (including phenoxy) is 1. The minimum atomic E-state index is -1.24. The Kier molecular flexibility index (Phi) is 8.89. The topological polar surface area (TPSA) is 129 Å². The fourth-order valence-corrected chi connectivity index (χ4v) is 1.74. The van der Waals surface area contributed by atoms with Crippen LogP contribution >= 0.6 is 0 Å². The van der Waals surface area contributed by atoms with Gasteiger partial charge in [-0.1, -0.05) is 13.8 Å². The second kappa shape index (κ2) is 9.81. The van der Waals surface area contributed by atoms with Crippen molar-refractivity contribution in [3.8, 4) is 0 Å². The van der Waals surface area contributed by atoms with Crippen molar-refractivity contribution in [2.45, 2.75) is 58.8 Å². The second-order valence-electron chi connectivity index (χ2n) is 5.50. The Morgan fingerprint density at radius 1 is 1.27 bits per heavy atom. The molecule has 0 aromatic heterocycles. The number of nitrogens with zero attached hydrogens (tertiary/aromatic N) is 2. The number of hydrogen-bond donors (Lipinski definition) is 2. The van der Waals surface area contributed by atoms with E-state index < -0.39 is 29.8 Å². The summed E-state index contributed by atoms with van der Waals surface area (Å²) < 4.78 is 5.49. The summed E-state index contributed by atoms with van der Waals surface area (Å²) in [7, 11) is 0. The Hall–Kier alpha value is -2.05. The Balaban J connectivity index is 4.78. The van der Waals surface area contributed by atoms with E-state index in [1.54, 1.807) is 27.7 Å². The first-order valence-corrected chi connectivity index (χ1v) is 7.07. The van der Waals surface area contributed by atoms with E-state index in [1.807, 2.05) is 0 Å². The maximum Gasteiger partial charge on any atom is 0.326 e. The van der Waals surface area contributed by atoms with E-state index in [4.69, 9.17) is 15.4 Å². The van der Waals surface area contributed by atoms with Crippen LogP contribution in [0.1, 0.15) is 40.5 Å². The van der Waals surface area contributed by atoms with Crippen LogP contribution < -0.4 is 5.32 Å². The van der Waals surface area contributed by atoms with Crippen molar-refractivity contribution in [1.29, 1.82) is 0 Å². The number of ketones is 1. The number of amides is 1. The molecule has 0 rings (SSSR count). The molecule has 22 heavy (non-hydrogen) atoms. The van der Waals surface area contributed by atoms with Crippen LogP contribution in [0.4, 0.5) is 0 Å². The minimum Gasteiger partial charge on any atom is -0.480 e. The van der Waals surface area contributed by atoms with Crippen LogP contribution in [0.2, 0.25) is 0 Å². The number of Topliss-reactive ketones (excluding diaryl/α,β-unsaturated/α-hetero) is 1. The standard InChI is InChI=1S/C14H23N3O5/c1-8(2)12(22-9(3)4)13(19)17-11(14(20)21)6-5-10(18)7-16-15/h7-9,11-12H,5-6H2,1-4H3,(H,17,19)(H,20,21). The van der Waals surface area contributed by atoms with Gasteiger partial charge in [0.1, 0.15) is 12.1 Å². The zero-order chi connectivity index (χ0) is 17.3. The Morgan fingerprint density at radius 3 is 2.27 bits per heavy atom. The fourth-order valence-electron chi connectivity index (χ4n) is 1.74. The molecule has 0 spiro atoms. The van der Waals surface area contributed by atoms with Gasteiger partial charge in [-0.05, 0) is 26.2 Å². The highest BCUT2D eigenvalue weighted by atomic mass is 16.5. The number of carbonyl (C=O) groups excluding carboxylic acids is 2. The lowest BCUT2D eigenvalue weighted by atomic mass is 10.0. The quantitative estimate of drug-likeness (QED) is 0.347. The molecule has 0 aliphatic heterocycles. The van der Waals surface area contributed by atoms with Gasteiger partial charge in [0.2, 0.25) is 11.7 Å². The number of aliphatic carboxylic acids is 1. The summed E-state index contributed by atoms with van der Waals surface area (Å²) in [5.41, 5.74) is 8.22. The summed E-state index contributed by atoms with van der Waals surface area (Å²) >= 11 is 0. The van der Waals surface area contributed by atoms with E-state index in [0.717, 1.165) is 0 Å². The van der Waals surface area contributed by atoms with Crippen LogP contribution in [0, 0.1) is 5.92 Å². The maximum atomic E-state index is 12.2. The number of carboxylic acids is 1. The highest BCUT2D eigenvalue weighted by Crippen LogP contribution is 2.11. The van der Waals surface area contributed by atoms with E-state index in [9.17, 15) is 14.4 Å². The zero-order valence-corrected chi connectivity index (χ0v) is 13.3. The molecule has 2 N–H and O–H groups in total. The van der Waals surface area contributed by atoms with Gasteiger partial charge in [0.15, 0.2) is 0 Å². The monoisotopic (exact) mass is 313 g/mol. The number of nitrogens with one attached hydrogen (secondary N) is 1. The predicted molar refractivity (Wildman–Crippen MR) is 78.3 cm³/mol. The molecule has 8 nitrogen and oxygen atoms in total. The Labute approximate surface area is 129 Å². The molecule has 0 bridgehead atoms. The van der Waals surface area contributed by atoms with E-state index in [1.165, 1.54) is 0 Å². The van der Waals surface area contributed by atoms with Crippen molar-refractivity contribution in [2.75, 3.05) is 0 Å². The van der Waals surface area contributed by atoms with Crippen molar-refractivity contribution in [3.05, 3.63) is 5.53 Å². The molecule has 0 radical (unpaired) electrons. The van der Waals surface area contributed by atoms with Crippen LogP contribution in [0.3, 0.4) is 0 Å². The summed E-state index contributed by atoms with van der Waals surface area (Å²) in [6.07, 6.45) is -0.503. The first-order valence-electron chi connectivity index (χ1n) is 7.07. The smallest absolute Gasteiger partial charge is 0.326 e. The molecule has 1 amide bonds. The minimum absolute atomic E-state index is 0.0988. The van der Waals surface area contributed by atoms with Gasteiger partial charge in [0, 0.05) is 6.42 Å². The van der Waals surface area contributed by atoms with Gasteiger partial charge in [-0.2, -0.15) is 4.79 Å². The molecule has 0 aromatic carbocycles. The molecule has 0 heterocycles. The SMILES string of the molecule is CC(C)OC(C(=O)NC(CCC(=O)C=[N+]=[N-])C(=O)O)C(C)C. The van der Waals surface area contributed by atoms with Gasteiger partial charge < -0.3 is 20.7 Å².